The molecule has 0 amide bonds. The van der Waals surface area contributed by atoms with E-state index in [-0.39, 0.29) is 21.7 Å². The van der Waals surface area contributed by atoms with Crippen LogP contribution in [0.4, 0.5) is 0 Å². The molecule has 0 radical (unpaired) electrons. The van der Waals surface area contributed by atoms with Gasteiger partial charge in [-0.1, -0.05) is 17.7 Å². The molecule has 0 aliphatic rings. The zero-order valence-electron chi connectivity index (χ0n) is 13.3. The molecule has 0 aliphatic heterocycles. The number of ether oxygens (including phenoxy) is 2. The lowest BCUT2D eigenvalue weighted by Gasteiger charge is -2.12. The van der Waals surface area contributed by atoms with Crippen molar-refractivity contribution in [3.8, 4) is 17.2 Å². The lowest BCUT2D eigenvalue weighted by molar-refractivity contribution is -0.255. The van der Waals surface area contributed by atoms with E-state index in [1.807, 2.05) is 0 Å². The molecule has 2 aromatic carbocycles. The van der Waals surface area contributed by atoms with E-state index in [2.05, 4.69) is 4.98 Å². The highest BCUT2D eigenvalue weighted by atomic mass is 35.5. The highest BCUT2D eigenvalue weighted by Gasteiger charge is 2.13. The molecule has 0 aliphatic carbocycles. The van der Waals surface area contributed by atoms with Gasteiger partial charge in [-0.3, -0.25) is 9.36 Å². The number of fused-ring (bicyclic) bond motifs is 1. The van der Waals surface area contributed by atoms with Gasteiger partial charge in [0.05, 0.1) is 41.8 Å². The molecule has 0 saturated heterocycles. The van der Waals surface area contributed by atoms with E-state index < -0.39 is 11.5 Å². The molecule has 0 fully saturated rings. The van der Waals surface area contributed by atoms with Crippen molar-refractivity contribution in [1.82, 2.24) is 9.55 Å². The summed E-state index contributed by atoms with van der Waals surface area (Å²) >= 11 is 6.12. The zero-order valence-corrected chi connectivity index (χ0v) is 14.0. The maximum atomic E-state index is 12.8. The molecule has 0 spiro atoms. The van der Waals surface area contributed by atoms with Gasteiger partial charge in [0, 0.05) is 6.07 Å². The first-order valence-electron chi connectivity index (χ1n) is 7.11. The summed E-state index contributed by atoms with van der Waals surface area (Å²) in [6, 6.07) is 7.03. The van der Waals surface area contributed by atoms with Gasteiger partial charge in [0.2, 0.25) is 0 Å². The molecule has 3 aromatic rings. The lowest BCUT2D eigenvalue weighted by Crippen LogP contribution is -2.24. The van der Waals surface area contributed by atoms with E-state index in [0.29, 0.717) is 17.0 Å². The van der Waals surface area contributed by atoms with Gasteiger partial charge in [0.1, 0.15) is 6.33 Å². The Balaban J connectivity index is 2.29. The fourth-order valence-electron chi connectivity index (χ4n) is 2.44. The average molecular weight is 360 g/mol. The Morgan fingerprint density at radius 2 is 1.84 bits per heavy atom. The molecule has 128 valence electrons. The van der Waals surface area contributed by atoms with Gasteiger partial charge in [-0.15, -0.1) is 0 Å². The van der Waals surface area contributed by atoms with Crippen LogP contribution in [0.1, 0.15) is 10.4 Å². The van der Waals surface area contributed by atoms with Crippen LogP contribution in [0.15, 0.2) is 41.5 Å². The number of aromatic carboxylic acids is 1. The third-order valence-corrected chi connectivity index (χ3v) is 4.02. The van der Waals surface area contributed by atoms with Crippen LogP contribution in [0.25, 0.3) is 16.6 Å². The Bertz CT molecular complexity index is 1050. The fraction of sp³-hybridized carbons (Fsp3) is 0.118. The van der Waals surface area contributed by atoms with Gasteiger partial charge in [-0.05, 0) is 23.8 Å². The number of aromatic nitrogens is 2. The van der Waals surface area contributed by atoms with Gasteiger partial charge in [0.25, 0.3) is 5.56 Å². The van der Waals surface area contributed by atoms with E-state index >= 15 is 0 Å². The summed E-state index contributed by atoms with van der Waals surface area (Å²) in [5.74, 6) is -0.552. The molecule has 0 bridgehead atoms. The van der Waals surface area contributed by atoms with Crippen molar-refractivity contribution >= 4 is 28.5 Å². The smallest absolute Gasteiger partial charge is 0.265 e. The molecule has 25 heavy (non-hydrogen) atoms. The molecular formula is C17H12ClN2O5-. The van der Waals surface area contributed by atoms with Crippen molar-refractivity contribution in [3.63, 3.8) is 0 Å². The van der Waals surface area contributed by atoms with Crippen molar-refractivity contribution in [2.75, 3.05) is 14.2 Å². The van der Waals surface area contributed by atoms with E-state index in [9.17, 15) is 14.7 Å². The fourth-order valence-corrected chi connectivity index (χ4v) is 2.65. The summed E-state index contributed by atoms with van der Waals surface area (Å²) in [4.78, 5) is 28.1. The first kappa shape index (κ1) is 16.8. The number of methoxy groups -OCH3 is 2. The normalized spacial score (nSPS) is 10.7. The zero-order chi connectivity index (χ0) is 18.1. The number of hydrogen-bond donors (Lipinski definition) is 0. The number of nitrogens with zero attached hydrogens (tertiary/aromatic N) is 2. The molecule has 0 unspecified atom stereocenters. The monoisotopic (exact) mass is 359 g/mol. The van der Waals surface area contributed by atoms with Gasteiger partial charge >= 0.3 is 0 Å². The van der Waals surface area contributed by atoms with Crippen molar-refractivity contribution in [2.45, 2.75) is 0 Å². The first-order chi connectivity index (χ1) is 12.0. The maximum Gasteiger partial charge on any atom is 0.265 e. The Morgan fingerprint density at radius 1 is 1.16 bits per heavy atom. The summed E-state index contributed by atoms with van der Waals surface area (Å²) in [6.07, 6.45) is 1.27. The first-order valence-corrected chi connectivity index (χ1v) is 7.48. The Morgan fingerprint density at radius 3 is 2.48 bits per heavy atom. The summed E-state index contributed by atoms with van der Waals surface area (Å²) in [5, 5.41) is 11.5. The third-order valence-electron chi connectivity index (χ3n) is 3.70. The SMILES string of the molecule is COc1cc2ncn(-c3cc(C(=O)[O-])ccc3Cl)c(=O)c2cc1OC. The van der Waals surface area contributed by atoms with Crippen molar-refractivity contribution in [2.24, 2.45) is 0 Å². The number of rotatable bonds is 4. The van der Waals surface area contributed by atoms with Gasteiger partial charge in [-0.2, -0.15) is 0 Å². The molecule has 0 N–H and O–H groups in total. The predicted molar refractivity (Wildman–Crippen MR) is 89.8 cm³/mol. The quantitative estimate of drug-likeness (QED) is 0.699. The van der Waals surface area contributed by atoms with Crippen LogP contribution in [0.5, 0.6) is 11.5 Å². The molecule has 1 heterocycles. The number of carboxylic acids is 1. The Kier molecular flexibility index (Phi) is 4.33. The largest absolute Gasteiger partial charge is 0.545 e. The standard InChI is InChI=1S/C17H13ClN2O5/c1-24-14-6-10-12(7-15(14)25-2)19-8-20(16(10)21)13-5-9(17(22)23)3-4-11(13)18/h3-8H,1-2H3,(H,22,23)/p-1. The van der Waals surface area contributed by atoms with Gasteiger partial charge in [0.15, 0.2) is 11.5 Å². The topological polar surface area (TPSA) is 93.5 Å². The summed E-state index contributed by atoms with van der Waals surface area (Å²) in [5.41, 5.74) is 0.0747. The molecule has 8 heteroatoms. The number of carboxylic acid groups (broad SMARTS) is 1. The van der Waals surface area contributed by atoms with E-state index in [4.69, 9.17) is 21.1 Å². The molecular weight excluding hydrogens is 348 g/mol. The third kappa shape index (κ3) is 2.89. The van der Waals surface area contributed by atoms with Gasteiger partial charge in [-0.25, -0.2) is 4.98 Å². The molecule has 1 aromatic heterocycles. The minimum Gasteiger partial charge on any atom is -0.545 e. The van der Waals surface area contributed by atoms with Gasteiger partial charge < -0.3 is 19.4 Å². The number of carbonyl (C=O) groups excluding carboxylic acids is 1. The molecule has 3 rings (SSSR count). The van der Waals surface area contributed by atoms with Crippen LogP contribution >= 0.6 is 11.6 Å². The van der Waals surface area contributed by atoms with Crippen molar-refractivity contribution in [1.29, 1.82) is 0 Å². The highest BCUT2D eigenvalue weighted by Crippen LogP contribution is 2.30. The number of hydrogen-bond acceptors (Lipinski definition) is 6. The van der Waals surface area contributed by atoms with Crippen LogP contribution in [0.2, 0.25) is 5.02 Å². The minimum absolute atomic E-state index is 0.0984. The van der Waals surface area contributed by atoms with E-state index in [1.165, 1.54) is 49.4 Å². The van der Waals surface area contributed by atoms with Crippen molar-refractivity contribution in [3.05, 3.63) is 57.6 Å². The second-order valence-corrected chi connectivity index (χ2v) is 5.50. The lowest BCUT2D eigenvalue weighted by atomic mass is 10.2. The highest BCUT2D eigenvalue weighted by molar-refractivity contribution is 6.32. The van der Waals surface area contributed by atoms with Crippen LogP contribution in [0.3, 0.4) is 0 Å². The second-order valence-electron chi connectivity index (χ2n) is 5.10. The maximum absolute atomic E-state index is 12.8. The van der Waals surface area contributed by atoms with Crippen LogP contribution in [-0.4, -0.2) is 29.7 Å². The minimum atomic E-state index is -1.37. The summed E-state index contributed by atoms with van der Waals surface area (Å²) < 4.78 is 11.6. The van der Waals surface area contributed by atoms with Crippen LogP contribution in [0, 0.1) is 0 Å². The summed E-state index contributed by atoms with van der Waals surface area (Å²) in [7, 11) is 2.94. The number of benzene rings is 2. The Labute approximate surface area is 147 Å². The van der Waals surface area contributed by atoms with Crippen molar-refractivity contribution < 1.29 is 19.4 Å². The van der Waals surface area contributed by atoms with Crippen LogP contribution in [-0.2, 0) is 0 Å². The Hall–Kier alpha value is -3.06. The van der Waals surface area contributed by atoms with E-state index in [0.717, 1.165) is 0 Å². The molecule has 0 saturated carbocycles. The average Bonchev–Trinajstić information content (AvgIpc) is 2.61. The molecule has 0 atom stereocenters. The van der Waals surface area contributed by atoms with E-state index in [1.54, 1.807) is 6.07 Å². The second kappa shape index (κ2) is 6.45. The number of halogens is 1. The molecule has 7 nitrogen and oxygen atoms in total. The number of carbonyl (C=O) groups is 1. The van der Waals surface area contributed by atoms with Crippen LogP contribution < -0.4 is 20.1 Å². The summed E-state index contributed by atoms with van der Waals surface area (Å²) in [6.45, 7) is 0. The predicted octanol–water partition coefficient (Wildman–Crippen LogP) is 1.42.